The number of anilines is 2. The van der Waals surface area contributed by atoms with Gasteiger partial charge in [0, 0.05) is 37.6 Å². The highest BCUT2D eigenvalue weighted by molar-refractivity contribution is 6.03. The van der Waals surface area contributed by atoms with Crippen LogP contribution in [-0.4, -0.2) is 50.4 Å². The molecule has 2 fully saturated rings. The molecule has 5 rings (SSSR count). The van der Waals surface area contributed by atoms with Crippen molar-refractivity contribution in [1.29, 1.82) is 0 Å². The highest BCUT2D eigenvalue weighted by Crippen LogP contribution is 2.24. The lowest BCUT2D eigenvalue weighted by Crippen LogP contribution is -2.34. The molecule has 1 aliphatic carbocycles. The van der Waals surface area contributed by atoms with Gasteiger partial charge < -0.3 is 19.9 Å². The first-order valence-electron chi connectivity index (χ1n) is 10.2. The van der Waals surface area contributed by atoms with E-state index in [1.54, 1.807) is 12.4 Å². The standard InChI is InChI=1S/C21H25N7O/c1-13-7-19-24-14(2)10-28(19)12-18(13)26-21(29)17-8-23-20(9-22-17)27-6-5-16(11-27)25-15-3-4-15/h7-10,12,15-16,25H,3-6,11H2,1-2H3,(H,26,29). The van der Waals surface area contributed by atoms with Crippen molar-refractivity contribution in [3.8, 4) is 0 Å². The minimum atomic E-state index is -0.266. The van der Waals surface area contributed by atoms with Crippen molar-refractivity contribution in [2.75, 3.05) is 23.3 Å². The maximum Gasteiger partial charge on any atom is 0.275 e. The second-order valence-electron chi connectivity index (χ2n) is 8.10. The summed E-state index contributed by atoms with van der Waals surface area (Å²) in [7, 11) is 0. The van der Waals surface area contributed by atoms with Crippen molar-refractivity contribution in [2.45, 2.75) is 45.2 Å². The lowest BCUT2D eigenvalue weighted by Gasteiger charge is -2.17. The Morgan fingerprint density at radius 2 is 1.97 bits per heavy atom. The van der Waals surface area contributed by atoms with Gasteiger partial charge in [0.15, 0.2) is 0 Å². The minimum Gasteiger partial charge on any atom is -0.354 e. The fourth-order valence-electron chi connectivity index (χ4n) is 3.86. The molecule has 0 bridgehead atoms. The minimum absolute atomic E-state index is 0.266. The van der Waals surface area contributed by atoms with Crippen LogP contribution < -0.4 is 15.5 Å². The molecule has 29 heavy (non-hydrogen) atoms. The SMILES string of the molecule is Cc1cn2cc(NC(=O)c3cnc(N4CCC(NC5CC5)C4)cn3)c(C)cc2n1. The molecule has 0 aromatic carbocycles. The number of aromatic nitrogens is 4. The fourth-order valence-corrected chi connectivity index (χ4v) is 3.86. The van der Waals surface area contributed by atoms with Crippen LogP contribution in [0.15, 0.2) is 30.9 Å². The molecule has 8 nitrogen and oxygen atoms in total. The molecular formula is C21H25N7O. The number of amides is 1. The molecule has 150 valence electrons. The first kappa shape index (κ1) is 18.1. The van der Waals surface area contributed by atoms with E-state index < -0.39 is 0 Å². The molecule has 2 N–H and O–H groups in total. The Hall–Kier alpha value is -3.00. The van der Waals surface area contributed by atoms with Crippen LogP contribution in [-0.2, 0) is 0 Å². The summed E-state index contributed by atoms with van der Waals surface area (Å²) < 4.78 is 1.91. The summed E-state index contributed by atoms with van der Waals surface area (Å²) in [5.74, 6) is 0.561. The second-order valence-corrected chi connectivity index (χ2v) is 8.10. The van der Waals surface area contributed by atoms with Gasteiger partial charge in [-0.3, -0.25) is 4.79 Å². The molecule has 1 saturated heterocycles. The van der Waals surface area contributed by atoms with Gasteiger partial charge in [0.05, 0.1) is 23.8 Å². The number of hydrogen-bond acceptors (Lipinski definition) is 6. The van der Waals surface area contributed by atoms with Crippen molar-refractivity contribution in [3.05, 3.63) is 47.8 Å². The van der Waals surface area contributed by atoms with Crippen LogP contribution in [0.3, 0.4) is 0 Å². The van der Waals surface area contributed by atoms with E-state index in [0.717, 1.165) is 47.9 Å². The fraction of sp³-hybridized carbons (Fsp3) is 0.429. The Morgan fingerprint density at radius 1 is 1.10 bits per heavy atom. The summed E-state index contributed by atoms with van der Waals surface area (Å²) in [5, 5.41) is 6.61. The molecule has 1 atom stereocenters. The molecule has 8 heteroatoms. The van der Waals surface area contributed by atoms with Crippen LogP contribution in [0.2, 0.25) is 0 Å². The number of carbonyl (C=O) groups is 1. The zero-order valence-electron chi connectivity index (χ0n) is 16.7. The first-order valence-corrected chi connectivity index (χ1v) is 10.2. The smallest absolute Gasteiger partial charge is 0.275 e. The summed E-state index contributed by atoms with van der Waals surface area (Å²) in [6, 6.07) is 3.19. The van der Waals surface area contributed by atoms with Crippen molar-refractivity contribution < 1.29 is 4.79 Å². The van der Waals surface area contributed by atoms with Crippen LogP contribution >= 0.6 is 0 Å². The second kappa shape index (κ2) is 7.11. The highest BCUT2D eigenvalue weighted by atomic mass is 16.1. The van der Waals surface area contributed by atoms with Crippen LogP contribution in [0.25, 0.3) is 5.65 Å². The maximum atomic E-state index is 12.7. The predicted molar refractivity (Wildman–Crippen MR) is 111 cm³/mol. The van der Waals surface area contributed by atoms with Crippen molar-refractivity contribution in [2.24, 2.45) is 0 Å². The van der Waals surface area contributed by atoms with Crippen LogP contribution in [0.4, 0.5) is 11.5 Å². The van der Waals surface area contributed by atoms with Crippen molar-refractivity contribution >= 4 is 23.1 Å². The van der Waals surface area contributed by atoms with Gasteiger partial charge in [-0.1, -0.05) is 0 Å². The van der Waals surface area contributed by atoms with Gasteiger partial charge in [-0.15, -0.1) is 0 Å². The molecule has 1 saturated carbocycles. The highest BCUT2D eigenvalue weighted by Gasteiger charge is 2.29. The molecule has 0 spiro atoms. The number of fused-ring (bicyclic) bond motifs is 1. The molecule has 3 aromatic heterocycles. The van der Waals surface area contributed by atoms with Crippen LogP contribution in [0.5, 0.6) is 0 Å². The molecule has 0 radical (unpaired) electrons. The summed E-state index contributed by atoms with van der Waals surface area (Å²) >= 11 is 0. The third kappa shape index (κ3) is 3.80. The molecule has 1 amide bonds. The van der Waals surface area contributed by atoms with E-state index in [1.165, 1.54) is 12.8 Å². The summed E-state index contributed by atoms with van der Waals surface area (Å²) in [6.07, 6.45) is 10.8. The van der Waals surface area contributed by atoms with E-state index in [9.17, 15) is 4.79 Å². The lowest BCUT2D eigenvalue weighted by atomic mass is 10.2. The molecule has 1 unspecified atom stereocenters. The third-order valence-electron chi connectivity index (χ3n) is 5.60. The number of nitrogens with zero attached hydrogens (tertiary/aromatic N) is 5. The number of pyridine rings is 1. The van der Waals surface area contributed by atoms with Crippen molar-refractivity contribution in [3.63, 3.8) is 0 Å². The van der Waals surface area contributed by atoms with Gasteiger partial charge in [-0.2, -0.15) is 0 Å². The topological polar surface area (TPSA) is 87.5 Å². The number of imidazole rings is 1. The maximum absolute atomic E-state index is 12.7. The largest absolute Gasteiger partial charge is 0.354 e. The van der Waals surface area contributed by atoms with E-state index in [0.29, 0.717) is 17.8 Å². The summed E-state index contributed by atoms with van der Waals surface area (Å²) in [5.41, 5.74) is 3.79. The average Bonchev–Trinajstić information content (AvgIpc) is 3.26. The molecular weight excluding hydrogens is 366 g/mol. The Morgan fingerprint density at radius 3 is 2.72 bits per heavy atom. The quantitative estimate of drug-likeness (QED) is 0.694. The van der Waals surface area contributed by atoms with Gasteiger partial charge in [0.2, 0.25) is 0 Å². The molecule has 2 aliphatic rings. The van der Waals surface area contributed by atoms with Gasteiger partial charge in [0.25, 0.3) is 5.91 Å². The summed E-state index contributed by atoms with van der Waals surface area (Å²) in [6.45, 7) is 5.81. The van der Waals surface area contributed by atoms with Gasteiger partial charge in [0.1, 0.15) is 17.2 Å². The summed E-state index contributed by atoms with van der Waals surface area (Å²) in [4.78, 5) is 28.2. The van der Waals surface area contributed by atoms with E-state index in [1.807, 2.05) is 36.7 Å². The van der Waals surface area contributed by atoms with Crippen LogP contribution in [0.1, 0.15) is 41.0 Å². The van der Waals surface area contributed by atoms with Crippen molar-refractivity contribution in [1.82, 2.24) is 24.7 Å². The van der Waals surface area contributed by atoms with Gasteiger partial charge >= 0.3 is 0 Å². The molecule has 1 aliphatic heterocycles. The van der Waals surface area contributed by atoms with E-state index in [2.05, 4.69) is 30.5 Å². The first-order chi connectivity index (χ1) is 14.0. The van der Waals surface area contributed by atoms with E-state index in [-0.39, 0.29) is 5.91 Å². The zero-order chi connectivity index (χ0) is 20.0. The average molecular weight is 391 g/mol. The number of aryl methyl sites for hydroxylation is 2. The zero-order valence-corrected chi connectivity index (χ0v) is 16.7. The van der Waals surface area contributed by atoms with Gasteiger partial charge in [-0.25, -0.2) is 15.0 Å². The Balaban J connectivity index is 1.26. The number of nitrogens with one attached hydrogen (secondary N) is 2. The predicted octanol–water partition coefficient (Wildman–Crippen LogP) is 2.32. The third-order valence-corrected chi connectivity index (χ3v) is 5.60. The lowest BCUT2D eigenvalue weighted by molar-refractivity contribution is 0.102. The Kier molecular flexibility index (Phi) is 4.43. The molecule has 4 heterocycles. The van der Waals surface area contributed by atoms with E-state index >= 15 is 0 Å². The number of carbonyl (C=O) groups excluding carboxylic acids is 1. The van der Waals surface area contributed by atoms with E-state index in [4.69, 9.17) is 0 Å². The Bertz CT molecular complexity index is 1050. The molecule has 3 aromatic rings. The Labute approximate surface area is 169 Å². The number of rotatable bonds is 5. The van der Waals surface area contributed by atoms with Crippen LogP contribution in [0, 0.1) is 13.8 Å². The normalized spacial score (nSPS) is 19.1. The van der Waals surface area contributed by atoms with Gasteiger partial charge in [-0.05, 0) is 44.7 Å². The monoisotopic (exact) mass is 391 g/mol. The number of hydrogen-bond donors (Lipinski definition) is 2.